The van der Waals surface area contributed by atoms with Crippen LogP contribution in [-0.2, 0) is 14.3 Å². The predicted molar refractivity (Wildman–Crippen MR) is 161 cm³/mol. The number of benzene rings is 2. The van der Waals surface area contributed by atoms with Gasteiger partial charge in [-0.25, -0.2) is 9.78 Å². The zero-order valence-electron chi connectivity index (χ0n) is 25.0. The summed E-state index contributed by atoms with van der Waals surface area (Å²) in [5.41, 5.74) is 0.494. The van der Waals surface area contributed by atoms with Crippen LogP contribution in [0.25, 0.3) is 27.7 Å². The van der Waals surface area contributed by atoms with Crippen molar-refractivity contribution in [1.82, 2.24) is 19.4 Å². The molecule has 0 spiro atoms. The highest BCUT2D eigenvalue weighted by Crippen LogP contribution is 2.44. The van der Waals surface area contributed by atoms with Crippen LogP contribution in [0.5, 0.6) is 5.75 Å². The van der Waals surface area contributed by atoms with E-state index < -0.39 is 35.1 Å². The van der Waals surface area contributed by atoms with Crippen LogP contribution >= 0.6 is 0 Å². The molecule has 240 valence electrons. The summed E-state index contributed by atoms with van der Waals surface area (Å²) in [6.45, 7) is 5.48. The van der Waals surface area contributed by atoms with Crippen LogP contribution in [0.4, 0.5) is 18.9 Å². The van der Waals surface area contributed by atoms with Gasteiger partial charge in [-0.3, -0.25) is 24.0 Å². The molecule has 3 heterocycles. The number of hydrogen-bond acceptors (Lipinski definition) is 9. The van der Waals surface area contributed by atoms with Crippen LogP contribution in [0, 0.1) is 0 Å². The molecular weight excluding hydrogens is 607 g/mol. The van der Waals surface area contributed by atoms with Crippen LogP contribution < -0.4 is 15.6 Å². The maximum Gasteiger partial charge on any atom is 0.573 e. The fraction of sp³-hybridized carbons (Fsp3) is 0.344. The summed E-state index contributed by atoms with van der Waals surface area (Å²) in [5.74, 6) is -1.57. The van der Waals surface area contributed by atoms with Crippen molar-refractivity contribution in [2.75, 3.05) is 31.6 Å². The van der Waals surface area contributed by atoms with E-state index in [-0.39, 0.29) is 28.4 Å². The number of morpholine rings is 1. The Bertz CT molecular complexity index is 1870. The first-order valence-electron chi connectivity index (χ1n) is 14.7. The smallest absolute Gasteiger partial charge is 0.459 e. The molecule has 1 aliphatic carbocycles. The molecule has 1 amide bonds. The maximum absolute atomic E-state index is 13.6. The van der Waals surface area contributed by atoms with Gasteiger partial charge < -0.3 is 19.5 Å². The van der Waals surface area contributed by atoms with E-state index in [9.17, 15) is 27.6 Å². The summed E-state index contributed by atoms with van der Waals surface area (Å²) in [4.78, 5) is 49.9. The Morgan fingerprint density at radius 2 is 1.78 bits per heavy atom. The summed E-state index contributed by atoms with van der Waals surface area (Å²) in [6, 6.07) is 10.1. The molecule has 11 nitrogen and oxygen atoms in total. The number of fused-ring (bicyclic) bond motifs is 1. The average Bonchev–Trinajstić information content (AvgIpc) is 3.84. The highest BCUT2D eigenvalue weighted by Gasteiger charge is 2.54. The molecular formula is C32H30F3N5O6. The van der Waals surface area contributed by atoms with E-state index in [0.717, 1.165) is 6.07 Å². The molecule has 1 N–H and O–H groups in total. The molecule has 1 saturated carbocycles. The number of aromatic nitrogens is 3. The average molecular weight is 638 g/mol. The number of pyridine rings is 1. The van der Waals surface area contributed by atoms with Gasteiger partial charge in [0.05, 0.1) is 47.2 Å². The van der Waals surface area contributed by atoms with Crippen molar-refractivity contribution >= 4 is 28.5 Å². The van der Waals surface area contributed by atoms with E-state index in [1.54, 1.807) is 44.3 Å². The van der Waals surface area contributed by atoms with Gasteiger partial charge in [0.25, 0.3) is 5.56 Å². The second-order valence-electron chi connectivity index (χ2n) is 11.4. The van der Waals surface area contributed by atoms with Crippen molar-refractivity contribution in [2.45, 2.75) is 44.7 Å². The summed E-state index contributed by atoms with van der Waals surface area (Å²) in [6.07, 6.45) is 0.0452. The Morgan fingerprint density at radius 3 is 2.48 bits per heavy atom. The van der Waals surface area contributed by atoms with Crippen LogP contribution in [0.2, 0.25) is 0 Å². The normalized spacial score (nSPS) is 16.3. The minimum Gasteiger partial charge on any atom is -0.459 e. The maximum atomic E-state index is 13.6. The summed E-state index contributed by atoms with van der Waals surface area (Å²) < 4.78 is 55.8. The third-order valence-electron chi connectivity index (χ3n) is 7.89. The number of esters is 1. The van der Waals surface area contributed by atoms with Crippen LogP contribution in [-0.4, -0.2) is 75.6 Å². The molecule has 0 bridgehead atoms. The number of alkyl halides is 3. The van der Waals surface area contributed by atoms with E-state index in [1.165, 1.54) is 29.2 Å². The molecule has 1 aliphatic heterocycles. The second kappa shape index (κ2) is 12.2. The molecule has 2 aliphatic rings. The van der Waals surface area contributed by atoms with E-state index >= 15 is 0 Å². The fourth-order valence-electron chi connectivity index (χ4n) is 5.49. The Hall–Kier alpha value is -4.82. The van der Waals surface area contributed by atoms with Crippen molar-refractivity contribution in [3.8, 4) is 22.6 Å². The lowest BCUT2D eigenvalue weighted by molar-refractivity contribution is -0.274. The summed E-state index contributed by atoms with van der Waals surface area (Å²) in [5, 5.41) is 2.86. The summed E-state index contributed by atoms with van der Waals surface area (Å²) in [7, 11) is 0. The summed E-state index contributed by atoms with van der Waals surface area (Å²) >= 11 is 0. The highest BCUT2D eigenvalue weighted by atomic mass is 19.4. The third kappa shape index (κ3) is 6.44. The zero-order chi connectivity index (χ0) is 32.6. The standard InChI is InChI=1S/C32H30F3N5O6/c1-19(2)45-29(42)22-13-21(16-36-17-22)20-3-5-24-25(14-20)37-18-40(28(24)41)23-4-6-27(46-32(33,34)35)26(15-23)38-30(43)31(7-8-31)39-9-11-44-12-10-39/h3-6,13-19H,7-12H2,1-2H3,(H,38,43). The predicted octanol–water partition coefficient (Wildman–Crippen LogP) is 4.71. The van der Waals surface area contributed by atoms with Gasteiger partial charge in [0, 0.05) is 31.0 Å². The number of anilines is 1. The van der Waals surface area contributed by atoms with E-state index in [1.807, 2.05) is 4.90 Å². The monoisotopic (exact) mass is 637 g/mol. The van der Waals surface area contributed by atoms with Gasteiger partial charge in [0.2, 0.25) is 5.91 Å². The molecule has 2 fully saturated rings. The number of hydrogen-bond donors (Lipinski definition) is 1. The molecule has 2 aromatic heterocycles. The van der Waals surface area contributed by atoms with Gasteiger partial charge in [0.15, 0.2) is 5.75 Å². The molecule has 46 heavy (non-hydrogen) atoms. The Kier molecular flexibility index (Phi) is 8.25. The number of carbonyl (C=O) groups excluding carboxylic acids is 2. The number of nitrogens with zero attached hydrogens (tertiary/aromatic N) is 4. The first-order valence-corrected chi connectivity index (χ1v) is 14.7. The molecule has 1 saturated heterocycles. The second-order valence-corrected chi connectivity index (χ2v) is 11.4. The van der Waals surface area contributed by atoms with Crippen molar-refractivity contribution in [3.05, 3.63) is 77.1 Å². The fourth-order valence-corrected chi connectivity index (χ4v) is 5.49. The Balaban J connectivity index is 1.31. The number of ether oxygens (including phenoxy) is 3. The zero-order valence-corrected chi connectivity index (χ0v) is 25.0. The number of nitrogens with one attached hydrogen (secondary N) is 1. The first kappa shape index (κ1) is 31.2. The molecule has 2 aromatic carbocycles. The van der Waals surface area contributed by atoms with Crippen molar-refractivity contribution in [2.24, 2.45) is 0 Å². The Morgan fingerprint density at radius 1 is 1.02 bits per heavy atom. The van der Waals surface area contributed by atoms with E-state index in [2.05, 4.69) is 20.0 Å². The largest absolute Gasteiger partial charge is 0.573 e. The number of rotatable bonds is 8. The third-order valence-corrected chi connectivity index (χ3v) is 7.89. The number of halogens is 3. The lowest BCUT2D eigenvalue weighted by atomic mass is 10.0. The molecule has 4 aromatic rings. The minimum atomic E-state index is -5.01. The van der Waals surface area contributed by atoms with Crippen LogP contribution in [0.1, 0.15) is 37.0 Å². The lowest BCUT2D eigenvalue weighted by Crippen LogP contribution is -2.51. The van der Waals surface area contributed by atoms with Crippen molar-refractivity contribution in [1.29, 1.82) is 0 Å². The van der Waals surface area contributed by atoms with Gasteiger partial charge in [-0.1, -0.05) is 6.07 Å². The molecule has 6 rings (SSSR count). The van der Waals surface area contributed by atoms with E-state index in [4.69, 9.17) is 9.47 Å². The molecule has 0 unspecified atom stereocenters. The van der Waals surface area contributed by atoms with Crippen molar-refractivity contribution < 1.29 is 37.0 Å². The van der Waals surface area contributed by atoms with Crippen LogP contribution in [0.3, 0.4) is 0 Å². The number of carbonyl (C=O) groups is 2. The van der Waals surface area contributed by atoms with Gasteiger partial charge in [0.1, 0.15) is 11.9 Å². The SMILES string of the molecule is CC(C)OC(=O)c1cncc(-c2ccc3c(=O)n(-c4ccc(OC(F)(F)F)c(NC(=O)C5(N6CCOCC6)CC5)c4)cnc3c2)c1. The van der Waals surface area contributed by atoms with Crippen molar-refractivity contribution in [3.63, 3.8) is 0 Å². The highest BCUT2D eigenvalue weighted by molar-refractivity contribution is 6.01. The first-order chi connectivity index (χ1) is 21.9. The molecule has 0 radical (unpaired) electrons. The molecule has 14 heteroatoms. The van der Waals surface area contributed by atoms with Gasteiger partial charge in [-0.2, -0.15) is 0 Å². The van der Waals surface area contributed by atoms with Gasteiger partial charge in [-0.15, -0.1) is 13.2 Å². The van der Waals surface area contributed by atoms with E-state index in [0.29, 0.717) is 55.8 Å². The Labute approximate surface area is 260 Å². The molecule has 0 atom stereocenters. The van der Waals surface area contributed by atoms with Gasteiger partial charge in [-0.05, 0) is 68.7 Å². The minimum absolute atomic E-state index is 0.171. The lowest BCUT2D eigenvalue weighted by Gasteiger charge is -2.34. The quantitative estimate of drug-likeness (QED) is 0.274. The van der Waals surface area contributed by atoms with Crippen LogP contribution in [0.15, 0.2) is 66.0 Å². The number of amides is 1. The van der Waals surface area contributed by atoms with Gasteiger partial charge >= 0.3 is 12.3 Å². The topological polar surface area (TPSA) is 125 Å².